The Bertz CT molecular complexity index is 499. The molecule has 1 aromatic rings. The van der Waals surface area contributed by atoms with Crippen molar-refractivity contribution in [2.75, 3.05) is 26.8 Å². The van der Waals surface area contributed by atoms with E-state index in [1.807, 2.05) is 29.2 Å². The molecule has 2 fully saturated rings. The van der Waals surface area contributed by atoms with Gasteiger partial charge in [0.05, 0.1) is 19.6 Å². The maximum Gasteiger partial charge on any atom is 0.227 e. The molecule has 1 atom stereocenters. The first-order valence-electron chi connectivity index (χ1n) is 7.77. The molecule has 1 saturated carbocycles. The number of benzene rings is 1. The molecule has 1 aliphatic heterocycles. The number of amides is 1. The lowest BCUT2D eigenvalue weighted by atomic mass is 10.1. The van der Waals surface area contributed by atoms with E-state index in [0.29, 0.717) is 6.42 Å². The highest BCUT2D eigenvalue weighted by atomic mass is 16.5. The third-order valence-corrected chi connectivity index (χ3v) is 4.30. The van der Waals surface area contributed by atoms with Gasteiger partial charge in [-0.3, -0.25) is 4.79 Å². The molecular weight excluding hydrogens is 266 g/mol. The number of nitrogens with zero attached hydrogens (tertiary/aromatic N) is 1. The van der Waals surface area contributed by atoms with Gasteiger partial charge < -0.3 is 14.4 Å². The van der Waals surface area contributed by atoms with E-state index in [1.165, 1.54) is 12.8 Å². The molecule has 2 aliphatic rings. The van der Waals surface area contributed by atoms with Crippen molar-refractivity contribution in [1.29, 1.82) is 0 Å². The van der Waals surface area contributed by atoms with Crippen molar-refractivity contribution in [3.8, 4) is 5.75 Å². The van der Waals surface area contributed by atoms with E-state index < -0.39 is 0 Å². The predicted octanol–water partition coefficient (Wildman–Crippen LogP) is 2.27. The fourth-order valence-electron chi connectivity index (χ4n) is 2.77. The quantitative estimate of drug-likeness (QED) is 0.806. The molecule has 0 unspecified atom stereocenters. The Morgan fingerprint density at radius 2 is 2.10 bits per heavy atom. The Balaban J connectivity index is 1.51. The molecule has 0 bridgehead atoms. The minimum Gasteiger partial charge on any atom is -0.496 e. The molecule has 0 aromatic heterocycles. The van der Waals surface area contributed by atoms with Gasteiger partial charge in [0, 0.05) is 25.3 Å². The fourth-order valence-corrected chi connectivity index (χ4v) is 2.77. The normalized spacial score (nSPS) is 21.6. The Labute approximate surface area is 126 Å². The van der Waals surface area contributed by atoms with E-state index in [2.05, 4.69) is 0 Å². The number of methoxy groups -OCH3 is 1. The highest BCUT2D eigenvalue weighted by Gasteiger charge is 2.29. The lowest BCUT2D eigenvalue weighted by Gasteiger charge is -2.17. The first-order valence-corrected chi connectivity index (χ1v) is 7.77. The second-order valence-electron chi connectivity index (χ2n) is 6.02. The summed E-state index contributed by atoms with van der Waals surface area (Å²) in [6.45, 7) is 2.42. The molecule has 0 spiro atoms. The van der Waals surface area contributed by atoms with Crippen LogP contribution in [-0.4, -0.2) is 43.7 Å². The van der Waals surface area contributed by atoms with Crippen LogP contribution in [0.25, 0.3) is 0 Å². The summed E-state index contributed by atoms with van der Waals surface area (Å²) in [6.07, 6.45) is 4.21. The second-order valence-corrected chi connectivity index (χ2v) is 6.02. The maximum atomic E-state index is 12.4. The number of ether oxygens (including phenoxy) is 2. The first kappa shape index (κ1) is 14.4. The van der Waals surface area contributed by atoms with Crippen molar-refractivity contribution in [1.82, 2.24) is 4.90 Å². The van der Waals surface area contributed by atoms with E-state index in [1.54, 1.807) is 7.11 Å². The van der Waals surface area contributed by atoms with Crippen LogP contribution in [0.1, 0.15) is 24.8 Å². The van der Waals surface area contributed by atoms with Gasteiger partial charge in [0.25, 0.3) is 0 Å². The minimum atomic E-state index is 0.164. The average Bonchev–Trinajstić information content (AvgIpc) is 3.22. The molecule has 1 heterocycles. The molecule has 4 nitrogen and oxygen atoms in total. The zero-order chi connectivity index (χ0) is 14.7. The van der Waals surface area contributed by atoms with Crippen LogP contribution in [-0.2, 0) is 16.0 Å². The Morgan fingerprint density at radius 1 is 1.29 bits per heavy atom. The third-order valence-electron chi connectivity index (χ3n) is 4.30. The van der Waals surface area contributed by atoms with E-state index >= 15 is 0 Å². The van der Waals surface area contributed by atoms with Crippen LogP contribution in [0.5, 0.6) is 5.75 Å². The van der Waals surface area contributed by atoms with Crippen LogP contribution in [0.3, 0.4) is 0 Å². The summed E-state index contributed by atoms with van der Waals surface area (Å²) in [5.41, 5.74) is 0.951. The molecule has 1 aliphatic carbocycles. The van der Waals surface area contributed by atoms with Crippen molar-refractivity contribution >= 4 is 5.91 Å². The molecule has 114 valence electrons. The molecule has 3 rings (SSSR count). The first-order chi connectivity index (χ1) is 10.3. The van der Waals surface area contributed by atoms with Gasteiger partial charge in [-0.05, 0) is 31.2 Å². The van der Waals surface area contributed by atoms with Crippen LogP contribution >= 0.6 is 0 Å². The number of hydrogen-bond donors (Lipinski definition) is 0. The summed E-state index contributed by atoms with van der Waals surface area (Å²) in [4.78, 5) is 14.3. The third kappa shape index (κ3) is 3.76. The molecule has 4 heteroatoms. The molecular formula is C17H23NO3. The fraction of sp³-hybridized carbons (Fsp3) is 0.588. The number of para-hydroxylation sites is 1. The summed E-state index contributed by atoms with van der Waals surface area (Å²) in [6, 6.07) is 7.71. The molecule has 0 N–H and O–H groups in total. The van der Waals surface area contributed by atoms with Gasteiger partial charge >= 0.3 is 0 Å². The zero-order valence-corrected chi connectivity index (χ0v) is 12.6. The molecule has 1 amide bonds. The molecule has 0 radical (unpaired) electrons. The summed E-state index contributed by atoms with van der Waals surface area (Å²) in [7, 11) is 1.64. The van der Waals surface area contributed by atoms with Crippen LogP contribution in [0.2, 0.25) is 0 Å². The van der Waals surface area contributed by atoms with E-state index in [4.69, 9.17) is 9.47 Å². The van der Waals surface area contributed by atoms with Gasteiger partial charge in [-0.2, -0.15) is 0 Å². The van der Waals surface area contributed by atoms with Crippen molar-refractivity contribution in [2.24, 2.45) is 5.92 Å². The summed E-state index contributed by atoms with van der Waals surface area (Å²) < 4.78 is 11.2. The predicted molar refractivity (Wildman–Crippen MR) is 80.4 cm³/mol. The number of likely N-dealkylation sites (tertiary alicyclic amines) is 1. The summed E-state index contributed by atoms with van der Waals surface area (Å²) in [5, 5.41) is 0. The Morgan fingerprint density at radius 3 is 2.86 bits per heavy atom. The number of rotatable bonds is 6. The average molecular weight is 289 g/mol. The number of carbonyl (C=O) groups is 1. The van der Waals surface area contributed by atoms with Crippen LogP contribution in [0.4, 0.5) is 0 Å². The highest BCUT2D eigenvalue weighted by molar-refractivity contribution is 5.79. The van der Waals surface area contributed by atoms with Crippen molar-refractivity contribution in [3.05, 3.63) is 29.8 Å². The van der Waals surface area contributed by atoms with E-state index in [-0.39, 0.29) is 12.0 Å². The SMILES string of the molecule is COc1ccccc1CC(=O)N1CC[C@H](OCC2CC2)C1. The smallest absolute Gasteiger partial charge is 0.227 e. The Hall–Kier alpha value is -1.55. The summed E-state index contributed by atoms with van der Waals surface area (Å²) in [5.74, 6) is 1.73. The number of hydrogen-bond acceptors (Lipinski definition) is 3. The van der Waals surface area contributed by atoms with E-state index in [9.17, 15) is 4.79 Å². The van der Waals surface area contributed by atoms with Gasteiger partial charge in [-0.1, -0.05) is 18.2 Å². The topological polar surface area (TPSA) is 38.8 Å². The minimum absolute atomic E-state index is 0.164. The highest BCUT2D eigenvalue weighted by Crippen LogP contribution is 2.30. The van der Waals surface area contributed by atoms with Crippen molar-refractivity contribution < 1.29 is 14.3 Å². The summed E-state index contributed by atoms with van der Waals surface area (Å²) >= 11 is 0. The van der Waals surface area contributed by atoms with Crippen molar-refractivity contribution in [3.63, 3.8) is 0 Å². The van der Waals surface area contributed by atoms with Crippen molar-refractivity contribution in [2.45, 2.75) is 31.8 Å². The monoisotopic (exact) mass is 289 g/mol. The van der Waals surface area contributed by atoms with Gasteiger partial charge in [-0.15, -0.1) is 0 Å². The van der Waals surface area contributed by atoms with Gasteiger partial charge in [0.1, 0.15) is 5.75 Å². The van der Waals surface area contributed by atoms with Gasteiger partial charge in [-0.25, -0.2) is 0 Å². The molecule has 1 saturated heterocycles. The lowest BCUT2D eigenvalue weighted by molar-refractivity contribution is -0.130. The molecule has 1 aromatic carbocycles. The van der Waals surface area contributed by atoms with Crippen LogP contribution < -0.4 is 4.74 Å². The van der Waals surface area contributed by atoms with Crippen LogP contribution in [0.15, 0.2) is 24.3 Å². The van der Waals surface area contributed by atoms with E-state index in [0.717, 1.165) is 43.3 Å². The van der Waals surface area contributed by atoms with Gasteiger partial charge in [0.2, 0.25) is 5.91 Å². The molecule has 21 heavy (non-hydrogen) atoms. The standard InChI is InChI=1S/C17H23NO3/c1-20-16-5-3-2-4-14(16)10-17(19)18-9-8-15(11-18)21-12-13-6-7-13/h2-5,13,15H,6-12H2,1H3/t15-/m0/s1. The Kier molecular flexibility index (Phi) is 4.44. The number of carbonyl (C=O) groups excluding carboxylic acids is 1. The van der Waals surface area contributed by atoms with Crippen LogP contribution in [0, 0.1) is 5.92 Å². The largest absolute Gasteiger partial charge is 0.496 e. The zero-order valence-electron chi connectivity index (χ0n) is 12.6. The maximum absolute atomic E-state index is 12.4. The van der Waals surface area contributed by atoms with Gasteiger partial charge in [0.15, 0.2) is 0 Å². The lowest BCUT2D eigenvalue weighted by Crippen LogP contribution is -2.31. The second kappa shape index (κ2) is 6.48.